The molecule has 1 saturated carbocycles. The Balaban J connectivity index is 1.96. The second-order valence-electron chi connectivity index (χ2n) is 5.32. The average molecular weight is 302 g/mol. The van der Waals surface area contributed by atoms with E-state index >= 15 is 0 Å². The van der Waals surface area contributed by atoms with E-state index in [0.717, 1.165) is 37.8 Å². The molecular weight excluding hydrogens is 285 g/mol. The van der Waals surface area contributed by atoms with Crippen LogP contribution in [0.4, 0.5) is 13.2 Å². The van der Waals surface area contributed by atoms with Gasteiger partial charge in [-0.2, -0.15) is 13.2 Å². The van der Waals surface area contributed by atoms with E-state index in [1.807, 2.05) is 0 Å². The molecule has 3 nitrogen and oxygen atoms in total. The number of hydrogen-bond acceptors (Lipinski definition) is 2. The largest absolute Gasteiger partial charge is 0.493 e. The highest BCUT2D eigenvalue weighted by Gasteiger charge is 2.32. The number of benzene rings is 1. The van der Waals surface area contributed by atoms with E-state index in [-0.39, 0.29) is 18.3 Å². The van der Waals surface area contributed by atoms with Crippen LogP contribution in [0.15, 0.2) is 24.3 Å². The van der Waals surface area contributed by atoms with Gasteiger partial charge in [0.15, 0.2) is 0 Å². The topological polar surface area (TPSA) is 46.5 Å². The second kappa shape index (κ2) is 6.37. The first-order chi connectivity index (χ1) is 9.88. The second-order valence-corrected chi connectivity index (χ2v) is 5.32. The lowest BCUT2D eigenvalue weighted by molar-refractivity contribution is -0.144. The predicted octanol–water partition coefficient (Wildman–Crippen LogP) is 3.98. The summed E-state index contributed by atoms with van der Waals surface area (Å²) in [6.07, 6.45) is -0.601. The minimum atomic E-state index is -4.38. The van der Waals surface area contributed by atoms with Crippen LogP contribution in [-0.2, 0) is 11.0 Å². The number of rotatable bonds is 5. The van der Waals surface area contributed by atoms with Gasteiger partial charge in [0, 0.05) is 0 Å². The number of carboxylic acid groups (broad SMARTS) is 1. The van der Waals surface area contributed by atoms with Gasteiger partial charge < -0.3 is 9.84 Å². The molecule has 1 aliphatic rings. The van der Waals surface area contributed by atoms with Gasteiger partial charge in [-0.3, -0.25) is 4.79 Å². The summed E-state index contributed by atoms with van der Waals surface area (Å²) in [6, 6.07) is 4.30. The van der Waals surface area contributed by atoms with Crippen LogP contribution in [0.2, 0.25) is 0 Å². The SMILES string of the molecule is O=C(O)C(COc1ccc(C(F)(F)F)cc1)C1CCCC1. The molecule has 1 atom stereocenters. The Morgan fingerprint density at radius 3 is 2.29 bits per heavy atom. The maximum Gasteiger partial charge on any atom is 0.416 e. The molecule has 0 amide bonds. The summed E-state index contributed by atoms with van der Waals surface area (Å²) >= 11 is 0. The minimum absolute atomic E-state index is 0.00857. The average Bonchev–Trinajstić information content (AvgIpc) is 2.92. The molecule has 0 saturated heterocycles. The summed E-state index contributed by atoms with van der Waals surface area (Å²) < 4.78 is 42.6. The van der Waals surface area contributed by atoms with Crippen LogP contribution < -0.4 is 4.74 Å². The Kier molecular flexibility index (Phi) is 4.75. The van der Waals surface area contributed by atoms with E-state index in [1.165, 1.54) is 12.1 Å². The van der Waals surface area contributed by atoms with E-state index in [2.05, 4.69) is 0 Å². The fraction of sp³-hybridized carbons (Fsp3) is 0.533. The Morgan fingerprint density at radius 1 is 1.24 bits per heavy atom. The minimum Gasteiger partial charge on any atom is -0.493 e. The van der Waals surface area contributed by atoms with Crippen molar-refractivity contribution in [3.63, 3.8) is 0 Å². The number of carbonyl (C=O) groups is 1. The molecule has 0 radical (unpaired) electrons. The predicted molar refractivity (Wildman–Crippen MR) is 70.0 cm³/mol. The van der Waals surface area contributed by atoms with Crippen LogP contribution >= 0.6 is 0 Å². The third kappa shape index (κ3) is 4.12. The third-order valence-electron chi connectivity index (χ3n) is 3.90. The molecule has 116 valence electrons. The standard InChI is InChI=1S/C15H17F3O3/c16-15(17,18)11-5-7-12(8-6-11)21-9-13(14(19)20)10-3-1-2-4-10/h5-8,10,13H,1-4,9H2,(H,19,20). The lowest BCUT2D eigenvalue weighted by atomic mass is 9.92. The normalized spacial score (nSPS) is 17.7. The molecule has 1 unspecified atom stereocenters. The number of aliphatic carboxylic acids is 1. The smallest absolute Gasteiger partial charge is 0.416 e. The lowest BCUT2D eigenvalue weighted by Crippen LogP contribution is -2.28. The molecule has 2 rings (SSSR count). The van der Waals surface area contributed by atoms with Crippen molar-refractivity contribution in [1.29, 1.82) is 0 Å². The van der Waals surface area contributed by atoms with Gasteiger partial charge in [-0.05, 0) is 43.0 Å². The molecule has 0 aromatic heterocycles. The van der Waals surface area contributed by atoms with Crippen LogP contribution in [0.3, 0.4) is 0 Å². The fourth-order valence-corrected chi connectivity index (χ4v) is 2.69. The third-order valence-corrected chi connectivity index (χ3v) is 3.90. The molecule has 0 heterocycles. The van der Waals surface area contributed by atoms with Crippen molar-refractivity contribution < 1.29 is 27.8 Å². The fourth-order valence-electron chi connectivity index (χ4n) is 2.69. The van der Waals surface area contributed by atoms with Crippen molar-refractivity contribution in [3.8, 4) is 5.75 Å². The number of alkyl halides is 3. The molecule has 21 heavy (non-hydrogen) atoms. The maximum absolute atomic E-state index is 12.4. The van der Waals surface area contributed by atoms with Crippen molar-refractivity contribution >= 4 is 5.97 Å². The monoisotopic (exact) mass is 302 g/mol. The van der Waals surface area contributed by atoms with Crippen LogP contribution in [0.1, 0.15) is 31.2 Å². The highest BCUT2D eigenvalue weighted by Crippen LogP contribution is 2.33. The van der Waals surface area contributed by atoms with Crippen molar-refractivity contribution in [3.05, 3.63) is 29.8 Å². The first-order valence-electron chi connectivity index (χ1n) is 6.91. The van der Waals surface area contributed by atoms with Gasteiger partial charge in [0.1, 0.15) is 12.4 Å². The van der Waals surface area contributed by atoms with Crippen LogP contribution in [0, 0.1) is 11.8 Å². The highest BCUT2D eigenvalue weighted by atomic mass is 19.4. The van der Waals surface area contributed by atoms with Crippen molar-refractivity contribution in [2.75, 3.05) is 6.61 Å². The van der Waals surface area contributed by atoms with Crippen LogP contribution in [-0.4, -0.2) is 17.7 Å². The van der Waals surface area contributed by atoms with Crippen LogP contribution in [0.25, 0.3) is 0 Å². The van der Waals surface area contributed by atoms with E-state index < -0.39 is 23.6 Å². The van der Waals surface area contributed by atoms with Gasteiger partial charge in [0.25, 0.3) is 0 Å². The number of hydrogen-bond donors (Lipinski definition) is 1. The van der Waals surface area contributed by atoms with E-state index in [9.17, 15) is 23.1 Å². The molecule has 1 aromatic rings. The van der Waals surface area contributed by atoms with Gasteiger partial charge in [-0.15, -0.1) is 0 Å². The Labute approximate surface area is 120 Å². The summed E-state index contributed by atoms with van der Waals surface area (Å²) in [5.41, 5.74) is -0.750. The summed E-state index contributed by atoms with van der Waals surface area (Å²) in [5.74, 6) is -1.16. The Bertz CT molecular complexity index is 476. The van der Waals surface area contributed by atoms with Crippen molar-refractivity contribution in [2.24, 2.45) is 11.8 Å². The van der Waals surface area contributed by atoms with Gasteiger partial charge in [0.05, 0.1) is 11.5 Å². The van der Waals surface area contributed by atoms with Crippen molar-refractivity contribution in [2.45, 2.75) is 31.9 Å². The summed E-state index contributed by atoms with van der Waals surface area (Å²) in [6.45, 7) is -0.00857. The molecule has 1 aromatic carbocycles. The van der Waals surface area contributed by atoms with Gasteiger partial charge in [-0.1, -0.05) is 12.8 Å². The zero-order valence-electron chi connectivity index (χ0n) is 11.4. The zero-order valence-corrected chi connectivity index (χ0v) is 11.4. The van der Waals surface area contributed by atoms with Gasteiger partial charge in [-0.25, -0.2) is 0 Å². The number of carboxylic acids is 1. The lowest BCUT2D eigenvalue weighted by Gasteiger charge is -2.19. The summed E-state index contributed by atoms with van der Waals surface area (Å²) in [5, 5.41) is 9.23. The van der Waals surface area contributed by atoms with E-state index in [4.69, 9.17) is 4.74 Å². The molecule has 0 spiro atoms. The van der Waals surface area contributed by atoms with E-state index in [0.29, 0.717) is 0 Å². The Hall–Kier alpha value is -1.72. The first-order valence-corrected chi connectivity index (χ1v) is 6.91. The van der Waals surface area contributed by atoms with Crippen LogP contribution in [0.5, 0.6) is 5.75 Å². The zero-order chi connectivity index (χ0) is 15.5. The number of halogens is 3. The quantitative estimate of drug-likeness (QED) is 0.895. The molecule has 1 aliphatic carbocycles. The number of ether oxygens (including phenoxy) is 1. The molecule has 6 heteroatoms. The molecule has 0 aliphatic heterocycles. The molecule has 1 fully saturated rings. The highest BCUT2D eigenvalue weighted by molar-refractivity contribution is 5.70. The Morgan fingerprint density at radius 2 is 1.81 bits per heavy atom. The molecule has 1 N–H and O–H groups in total. The molecular formula is C15H17F3O3. The maximum atomic E-state index is 12.4. The molecule has 0 bridgehead atoms. The van der Waals surface area contributed by atoms with Crippen molar-refractivity contribution in [1.82, 2.24) is 0 Å². The van der Waals surface area contributed by atoms with Gasteiger partial charge in [0.2, 0.25) is 0 Å². The van der Waals surface area contributed by atoms with E-state index in [1.54, 1.807) is 0 Å². The first kappa shape index (κ1) is 15.7. The summed E-state index contributed by atoms with van der Waals surface area (Å²) in [7, 11) is 0. The summed E-state index contributed by atoms with van der Waals surface area (Å²) in [4.78, 5) is 11.3. The van der Waals surface area contributed by atoms with Gasteiger partial charge >= 0.3 is 12.1 Å².